The second-order valence-electron chi connectivity index (χ2n) is 2.67. The Hall–Kier alpha value is -1.63. The van der Waals surface area contributed by atoms with Crippen LogP contribution in [0.15, 0.2) is 28.5 Å². The van der Waals surface area contributed by atoms with E-state index in [1.165, 1.54) is 24.0 Å². The van der Waals surface area contributed by atoms with E-state index in [0.717, 1.165) is 0 Å². The molecule has 0 aliphatic carbocycles. The van der Waals surface area contributed by atoms with Crippen molar-refractivity contribution in [2.24, 2.45) is 10.2 Å². The maximum Gasteiger partial charge on any atom is 0.212 e. The first kappa shape index (κ1) is 9.91. The summed E-state index contributed by atoms with van der Waals surface area (Å²) in [6.07, 6.45) is 3.27. The molecular weight excluding hydrogens is 217 g/mol. The van der Waals surface area contributed by atoms with E-state index in [4.69, 9.17) is 0 Å². The number of aromatic nitrogens is 1. The Kier molecular flexibility index (Phi) is 2.82. The fourth-order valence-electron chi connectivity index (χ4n) is 0.994. The Morgan fingerprint density at radius 3 is 2.67 bits per heavy atom. The predicted octanol–water partition coefficient (Wildman–Crippen LogP) is 0.709. The van der Waals surface area contributed by atoms with Crippen molar-refractivity contribution in [3.05, 3.63) is 29.8 Å². The minimum Gasteiger partial charge on any atom is -0.257 e. The standard InChI is InChI=1S/C8H8FN5S/c1-15-8-13-11-7(12-14-8)5-2-3-6(9)10-4-5/h2-4H,1H3,(H,11,12)(H,13,14). The van der Waals surface area contributed by atoms with Crippen molar-refractivity contribution in [3.8, 4) is 0 Å². The van der Waals surface area contributed by atoms with Crippen molar-refractivity contribution in [2.45, 2.75) is 0 Å². The van der Waals surface area contributed by atoms with Gasteiger partial charge in [-0.25, -0.2) is 4.98 Å². The molecule has 0 amide bonds. The summed E-state index contributed by atoms with van der Waals surface area (Å²) in [5.74, 6) is -0.00303. The number of pyridine rings is 1. The van der Waals surface area contributed by atoms with Gasteiger partial charge in [-0.3, -0.25) is 10.9 Å². The molecular formula is C8H8FN5S. The van der Waals surface area contributed by atoms with Crippen LogP contribution in [0.5, 0.6) is 0 Å². The van der Waals surface area contributed by atoms with Gasteiger partial charge in [-0.05, 0) is 18.4 Å². The molecule has 0 atom stereocenters. The SMILES string of the molecule is CSC1=NNC(c2ccc(F)nc2)=NN1. The van der Waals surface area contributed by atoms with Crippen LogP contribution in [-0.2, 0) is 0 Å². The van der Waals surface area contributed by atoms with E-state index in [1.807, 2.05) is 6.26 Å². The lowest BCUT2D eigenvalue weighted by Crippen LogP contribution is -2.32. The van der Waals surface area contributed by atoms with Gasteiger partial charge in [-0.2, -0.15) is 9.49 Å². The van der Waals surface area contributed by atoms with E-state index in [-0.39, 0.29) is 0 Å². The van der Waals surface area contributed by atoms with Crippen molar-refractivity contribution < 1.29 is 4.39 Å². The van der Waals surface area contributed by atoms with Gasteiger partial charge in [0.2, 0.25) is 11.1 Å². The molecule has 5 nitrogen and oxygen atoms in total. The van der Waals surface area contributed by atoms with Crippen LogP contribution in [0.1, 0.15) is 5.56 Å². The minimum atomic E-state index is -0.517. The number of halogens is 1. The van der Waals surface area contributed by atoms with E-state index >= 15 is 0 Å². The molecule has 7 heteroatoms. The zero-order valence-electron chi connectivity index (χ0n) is 7.86. The van der Waals surface area contributed by atoms with Gasteiger partial charge < -0.3 is 0 Å². The van der Waals surface area contributed by atoms with Gasteiger partial charge in [0.05, 0.1) is 0 Å². The minimum absolute atomic E-state index is 0.514. The van der Waals surface area contributed by atoms with Crippen LogP contribution >= 0.6 is 11.8 Å². The summed E-state index contributed by atoms with van der Waals surface area (Å²) in [6.45, 7) is 0. The summed E-state index contributed by atoms with van der Waals surface area (Å²) in [4.78, 5) is 3.52. The number of rotatable bonds is 1. The number of hydrogen-bond acceptors (Lipinski definition) is 6. The highest BCUT2D eigenvalue weighted by Crippen LogP contribution is 2.03. The third-order valence-corrected chi connectivity index (χ3v) is 2.29. The maximum atomic E-state index is 12.6. The van der Waals surface area contributed by atoms with Crippen LogP contribution in [0, 0.1) is 5.95 Å². The summed E-state index contributed by atoms with van der Waals surface area (Å²) in [7, 11) is 0. The van der Waals surface area contributed by atoms with Crippen LogP contribution in [-0.4, -0.2) is 22.2 Å². The van der Waals surface area contributed by atoms with Crippen LogP contribution < -0.4 is 10.9 Å². The lowest BCUT2D eigenvalue weighted by molar-refractivity contribution is 0.583. The van der Waals surface area contributed by atoms with E-state index in [0.29, 0.717) is 16.6 Å². The molecule has 1 aliphatic rings. The highest BCUT2D eigenvalue weighted by Gasteiger charge is 2.09. The predicted molar refractivity (Wildman–Crippen MR) is 58.0 cm³/mol. The Balaban J connectivity index is 2.14. The Bertz CT molecular complexity index is 414. The topological polar surface area (TPSA) is 61.7 Å². The molecule has 0 aromatic carbocycles. The Morgan fingerprint density at radius 2 is 2.13 bits per heavy atom. The molecule has 1 aromatic heterocycles. The van der Waals surface area contributed by atoms with Gasteiger partial charge >= 0.3 is 0 Å². The fourth-order valence-corrected chi connectivity index (χ4v) is 1.27. The number of thioether (sulfide) groups is 1. The first-order chi connectivity index (χ1) is 7.29. The number of nitrogens with one attached hydrogen (secondary N) is 2. The number of hydrogen-bond donors (Lipinski definition) is 2. The lowest BCUT2D eigenvalue weighted by Gasteiger charge is -2.12. The van der Waals surface area contributed by atoms with E-state index in [9.17, 15) is 4.39 Å². The highest BCUT2D eigenvalue weighted by molar-refractivity contribution is 8.13. The molecule has 15 heavy (non-hydrogen) atoms. The zero-order chi connectivity index (χ0) is 10.7. The van der Waals surface area contributed by atoms with Crippen LogP contribution in [0.4, 0.5) is 4.39 Å². The Morgan fingerprint density at radius 1 is 1.27 bits per heavy atom. The molecule has 0 saturated carbocycles. The van der Waals surface area contributed by atoms with Gasteiger partial charge in [0.25, 0.3) is 0 Å². The summed E-state index contributed by atoms with van der Waals surface area (Å²) < 4.78 is 12.6. The van der Waals surface area contributed by atoms with Gasteiger partial charge in [-0.15, -0.1) is 5.10 Å². The quantitative estimate of drug-likeness (QED) is 0.691. The van der Waals surface area contributed by atoms with Crippen molar-refractivity contribution in [2.75, 3.05) is 6.26 Å². The molecule has 2 N–H and O–H groups in total. The molecule has 0 fully saturated rings. The molecule has 0 unspecified atom stereocenters. The number of nitrogens with zero attached hydrogens (tertiary/aromatic N) is 3. The second-order valence-corrected chi connectivity index (χ2v) is 3.47. The van der Waals surface area contributed by atoms with Crippen molar-refractivity contribution in [3.63, 3.8) is 0 Å². The van der Waals surface area contributed by atoms with Crippen LogP contribution in [0.3, 0.4) is 0 Å². The first-order valence-corrected chi connectivity index (χ1v) is 5.35. The van der Waals surface area contributed by atoms with Gasteiger partial charge in [-0.1, -0.05) is 11.8 Å². The molecule has 78 valence electrons. The average Bonchev–Trinajstić information content (AvgIpc) is 2.30. The molecule has 1 aliphatic heterocycles. The van der Waals surface area contributed by atoms with Crippen LogP contribution in [0.2, 0.25) is 0 Å². The van der Waals surface area contributed by atoms with Crippen molar-refractivity contribution >= 4 is 22.8 Å². The number of hydrazone groups is 2. The summed E-state index contributed by atoms with van der Waals surface area (Å²) in [5.41, 5.74) is 6.17. The average molecular weight is 225 g/mol. The molecule has 2 heterocycles. The van der Waals surface area contributed by atoms with Gasteiger partial charge in [0.15, 0.2) is 5.84 Å². The monoisotopic (exact) mass is 225 g/mol. The Labute approximate surface area is 89.9 Å². The van der Waals surface area contributed by atoms with E-state index < -0.39 is 5.95 Å². The maximum absolute atomic E-state index is 12.6. The molecule has 0 saturated heterocycles. The first-order valence-electron chi connectivity index (χ1n) is 4.13. The molecule has 0 spiro atoms. The number of amidine groups is 2. The normalized spacial score (nSPS) is 14.8. The summed E-state index contributed by atoms with van der Waals surface area (Å²) in [6, 6.07) is 2.85. The molecule has 1 aromatic rings. The smallest absolute Gasteiger partial charge is 0.212 e. The van der Waals surface area contributed by atoms with E-state index in [1.54, 1.807) is 6.07 Å². The summed E-state index contributed by atoms with van der Waals surface area (Å²) in [5, 5.41) is 8.69. The summed E-state index contributed by atoms with van der Waals surface area (Å²) >= 11 is 1.44. The molecule has 0 bridgehead atoms. The molecule has 0 radical (unpaired) electrons. The third-order valence-electron chi connectivity index (χ3n) is 1.72. The van der Waals surface area contributed by atoms with Crippen molar-refractivity contribution in [1.82, 2.24) is 15.8 Å². The fraction of sp³-hybridized carbons (Fsp3) is 0.125. The lowest BCUT2D eigenvalue weighted by atomic mass is 10.3. The van der Waals surface area contributed by atoms with Crippen molar-refractivity contribution in [1.29, 1.82) is 0 Å². The largest absolute Gasteiger partial charge is 0.257 e. The van der Waals surface area contributed by atoms with Gasteiger partial charge in [0.1, 0.15) is 0 Å². The van der Waals surface area contributed by atoms with Gasteiger partial charge in [0, 0.05) is 11.8 Å². The van der Waals surface area contributed by atoms with Crippen LogP contribution in [0.25, 0.3) is 0 Å². The molecule has 2 rings (SSSR count). The highest BCUT2D eigenvalue weighted by atomic mass is 32.2. The third kappa shape index (κ3) is 2.24. The van der Waals surface area contributed by atoms with E-state index in [2.05, 4.69) is 26.0 Å². The second kappa shape index (κ2) is 4.26. The zero-order valence-corrected chi connectivity index (χ0v) is 8.68.